The Balaban J connectivity index is 3.95. The van der Waals surface area contributed by atoms with Crippen molar-refractivity contribution in [2.24, 2.45) is 5.92 Å². The van der Waals surface area contributed by atoms with Gasteiger partial charge in [0.05, 0.1) is 5.92 Å². The topological polar surface area (TPSA) is 34.1 Å². The summed E-state index contributed by atoms with van der Waals surface area (Å²) in [5, 5.41) is 0. The summed E-state index contributed by atoms with van der Waals surface area (Å²) in [5.74, 6) is -0.629. The highest BCUT2D eigenvalue weighted by Gasteiger charge is 2.13. The maximum Gasteiger partial charge on any atom is 0.165 e. The maximum absolute atomic E-state index is 11.2. The first-order valence-electron chi connectivity index (χ1n) is 4.30. The molecule has 0 saturated carbocycles. The Bertz CT molecular complexity index is 192. The average Bonchev–Trinajstić information content (AvgIpc) is 2.03. The number of carbonyl (C=O) groups is 2. The number of unbranched alkanes of at least 4 members (excludes halogenated alkanes) is 1. The number of hydrogen-bond acceptors (Lipinski definition) is 2. The zero-order chi connectivity index (χ0) is 9.56. The lowest BCUT2D eigenvalue weighted by Crippen LogP contribution is -2.15. The second-order valence-corrected chi connectivity index (χ2v) is 2.93. The van der Waals surface area contributed by atoms with Crippen LogP contribution in [-0.4, -0.2) is 11.6 Å². The van der Waals surface area contributed by atoms with E-state index in [-0.39, 0.29) is 11.6 Å². The third-order valence-electron chi connectivity index (χ3n) is 1.77. The van der Waals surface area contributed by atoms with Crippen molar-refractivity contribution >= 4 is 11.6 Å². The molecular weight excluding hydrogens is 152 g/mol. The third-order valence-corrected chi connectivity index (χ3v) is 1.77. The lowest BCUT2D eigenvalue weighted by Gasteiger charge is -2.00. The first-order valence-corrected chi connectivity index (χ1v) is 4.30. The third kappa shape index (κ3) is 4.06. The van der Waals surface area contributed by atoms with E-state index < -0.39 is 5.92 Å². The fourth-order valence-electron chi connectivity index (χ4n) is 0.711. The summed E-state index contributed by atoms with van der Waals surface area (Å²) in [4.78, 5) is 21.9. The van der Waals surface area contributed by atoms with Crippen molar-refractivity contribution in [3.8, 4) is 0 Å². The van der Waals surface area contributed by atoms with Crippen LogP contribution in [0, 0.1) is 5.92 Å². The molecule has 0 amide bonds. The highest BCUT2D eigenvalue weighted by Crippen LogP contribution is 2.00. The molecule has 0 aromatic rings. The van der Waals surface area contributed by atoms with E-state index in [0.29, 0.717) is 0 Å². The summed E-state index contributed by atoms with van der Waals surface area (Å²) in [7, 11) is 0. The highest BCUT2D eigenvalue weighted by molar-refractivity contribution is 6.06. The Kier molecular flexibility index (Phi) is 5.26. The van der Waals surface area contributed by atoms with Gasteiger partial charge in [-0.1, -0.05) is 19.4 Å². The zero-order valence-electron chi connectivity index (χ0n) is 7.96. The monoisotopic (exact) mass is 168 g/mol. The molecule has 0 aliphatic rings. The minimum absolute atomic E-state index is 0.0684. The van der Waals surface area contributed by atoms with Crippen LogP contribution in [0.4, 0.5) is 0 Å². The van der Waals surface area contributed by atoms with E-state index in [1.165, 1.54) is 13.0 Å². The van der Waals surface area contributed by atoms with Gasteiger partial charge in [0.1, 0.15) is 5.78 Å². The summed E-state index contributed by atoms with van der Waals surface area (Å²) in [6.45, 7) is 5.13. The molecule has 12 heavy (non-hydrogen) atoms. The first-order chi connectivity index (χ1) is 5.59. The molecule has 0 aromatic carbocycles. The number of allylic oxidation sites excluding steroid dienone is 2. The number of ketones is 2. The van der Waals surface area contributed by atoms with Gasteiger partial charge in [-0.2, -0.15) is 0 Å². The number of hydrogen-bond donors (Lipinski definition) is 0. The molecule has 0 bridgehead atoms. The molecule has 0 spiro atoms. The van der Waals surface area contributed by atoms with Crippen molar-refractivity contribution in [3.63, 3.8) is 0 Å². The molecule has 0 fully saturated rings. The van der Waals surface area contributed by atoms with Gasteiger partial charge in [0, 0.05) is 0 Å². The number of Topliss-reactive ketones (excluding diaryl/α,β-unsaturated/α-hetero) is 1. The predicted molar refractivity (Wildman–Crippen MR) is 48.9 cm³/mol. The predicted octanol–water partition coefficient (Wildman–Crippen LogP) is 2.14. The smallest absolute Gasteiger partial charge is 0.165 e. The van der Waals surface area contributed by atoms with Gasteiger partial charge in [-0.15, -0.1) is 0 Å². The molecule has 0 heterocycles. The number of carbonyl (C=O) groups excluding carboxylic acids is 2. The number of rotatable bonds is 5. The molecule has 2 heteroatoms. The van der Waals surface area contributed by atoms with Crippen LogP contribution in [0.3, 0.4) is 0 Å². The average molecular weight is 168 g/mol. The van der Waals surface area contributed by atoms with Crippen LogP contribution in [0.2, 0.25) is 0 Å². The normalized spacial score (nSPS) is 13.2. The summed E-state index contributed by atoms with van der Waals surface area (Å²) < 4.78 is 0. The van der Waals surface area contributed by atoms with E-state index in [2.05, 4.69) is 0 Å². The summed E-state index contributed by atoms with van der Waals surface area (Å²) in [6, 6.07) is 0. The molecule has 2 nitrogen and oxygen atoms in total. The van der Waals surface area contributed by atoms with E-state index >= 15 is 0 Å². The van der Waals surface area contributed by atoms with Gasteiger partial charge in [-0.05, 0) is 26.3 Å². The van der Waals surface area contributed by atoms with Crippen molar-refractivity contribution in [3.05, 3.63) is 12.2 Å². The minimum Gasteiger partial charge on any atom is -0.299 e. The van der Waals surface area contributed by atoms with Gasteiger partial charge in [-0.25, -0.2) is 0 Å². The van der Waals surface area contributed by atoms with Crippen LogP contribution in [0.1, 0.15) is 33.6 Å². The molecule has 0 radical (unpaired) electrons. The van der Waals surface area contributed by atoms with E-state index in [1.54, 1.807) is 6.92 Å². The standard InChI is InChI=1S/C10H16O2/c1-4-5-6-7-10(12)8(2)9(3)11/h6-8H,4-5H2,1-3H3. The molecule has 0 aliphatic heterocycles. The summed E-state index contributed by atoms with van der Waals surface area (Å²) in [5.41, 5.74) is 0. The van der Waals surface area contributed by atoms with Crippen molar-refractivity contribution in [2.45, 2.75) is 33.6 Å². The minimum atomic E-state index is -0.474. The molecule has 1 atom stereocenters. The van der Waals surface area contributed by atoms with Crippen molar-refractivity contribution in [2.75, 3.05) is 0 Å². The van der Waals surface area contributed by atoms with Crippen molar-refractivity contribution < 1.29 is 9.59 Å². The molecule has 0 aromatic heterocycles. The Morgan fingerprint density at radius 2 is 2.00 bits per heavy atom. The Labute approximate surface area is 73.7 Å². The Morgan fingerprint density at radius 1 is 1.42 bits per heavy atom. The molecule has 68 valence electrons. The molecule has 1 unspecified atom stereocenters. The van der Waals surface area contributed by atoms with Crippen LogP contribution in [0.5, 0.6) is 0 Å². The van der Waals surface area contributed by atoms with Crippen LogP contribution < -0.4 is 0 Å². The highest BCUT2D eigenvalue weighted by atomic mass is 16.1. The van der Waals surface area contributed by atoms with Crippen molar-refractivity contribution in [1.82, 2.24) is 0 Å². The maximum atomic E-state index is 11.2. The van der Waals surface area contributed by atoms with Crippen LogP contribution >= 0.6 is 0 Å². The van der Waals surface area contributed by atoms with Gasteiger partial charge in [-0.3, -0.25) is 9.59 Å². The molecule has 0 aliphatic carbocycles. The van der Waals surface area contributed by atoms with Gasteiger partial charge in [0.25, 0.3) is 0 Å². The molecule has 0 saturated heterocycles. The van der Waals surface area contributed by atoms with Crippen LogP contribution in [-0.2, 0) is 9.59 Å². The summed E-state index contributed by atoms with van der Waals surface area (Å²) in [6.07, 6.45) is 5.26. The summed E-state index contributed by atoms with van der Waals surface area (Å²) >= 11 is 0. The lowest BCUT2D eigenvalue weighted by molar-refractivity contribution is -0.128. The molecular formula is C10H16O2. The van der Waals surface area contributed by atoms with E-state index in [1.807, 2.05) is 13.0 Å². The van der Waals surface area contributed by atoms with Crippen LogP contribution in [0.15, 0.2) is 12.2 Å². The van der Waals surface area contributed by atoms with E-state index in [0.717, 1.165) is 12.8 Å². The molecule has 0 rings (SSSR count). The van der Waals surface area contributed by atoms with Gasteiger partial charge in [0.2, 0.25) is 0 Å². The fourth-order valence-corrected chi connectivity index (χ4v) is 0.711. The largest absolute Gasteiger partial charge is 0.299 e. The first kappa shape index (κ1) is 11.1. The van der Waals surface area contributed by atoms with E-state index in [4.69, 9.17) is 0 Å². The van der Waals surface area contributed by atoms with Crippen molar-refractivity contribution in [1.29, 1.82) is 0 Å². The zero-order valence-corrected chi connectivity index (χ0v) is 7.96. The molecule has 0 N–H and O–H groups in total. The second kappa shape index (κ2) is 5.70. The van der Waals surface area contributed by atoms with Crippen LogP contribution in [0.25, 0.3) is 0 Å². The Hall–Kier alpha value is -0.920. The van der Waals surface area contributed by atoms with Gasteiger partial charge in [0.15, 0.2) is 5.78 Å². The second-order valence-electron chi connectivity index (χ2n) is 2.93. The van der Waals surface area contributed by atoms with Gasteiger partial charge >= 0.3 is 0 Å². The fraction of sp³-hybridized carbons (Fsp3) is 0.600. The lowest BCUT2D eigenvalue weighted by atomic mass is 10.0. The SMILES string of the molecule is CCCC=CC(=O)C(C)C(C)=O. The quantitative estimate of drug-likeness (QED) is 0.465. The van der Waals surface area contributed by atoms with E-state index in [9.17, 15) is 9.59 Å². The van der Waals surface area contributed by atoms with Gasteiger partial charge < -0.3 is 0 Å². The Morgan fingerprint density at radius 3 is 2.42 bits per heavy atom.